The number of para-hydroxylation sites is 1. The normalized spacial score (nSPS) is 11.0. The van der Waals surface area contributed by atoms with Gasteiger partial charge in [0.05, 0.1) is 11.2 Å². The highest BCUT2D eigenvalue weighted by Gasteiger charge is 2.19. The molecule has 0 aliphatic heterocycles. The zero-order valence-electron chi connectivity index (χ0n) is 23.5. The standard InChI is InChI=1S/C33H31N5O3S/c1-4-38(25-8-6-5-7-9-25)32(39)23-11-17-30(42-26-14-12-24(13-15-26)36-33(40)41)29(19-23)37-31-27-16-10-22(21(2)3)18-28(27)34-20-35-31/h5-21,36H,4H2,1-3H3,(H,40,41)(H,34,35,37). The fourth-order valence-corrected chi connectivity index (χ4v) is 5.46. The summed E-state index contributed by atoms with van der Waals surface area (Å²) in [5, 5.41) is 15.7. The monoisotopic (exact) mass is 577 g/mol. The van der Waals surface area contributed by atoms with Crippen molar-refractivity contribution in [3.05, 3.63) is 108 Å². The van der Waals surface area contributed by atoms with E-state index in [0.717, 1.165) is 32.1 Å². The van der Waals surface area contributed by atoms with Crippen LogP contribution in [0.3, 0.4) is 0 Å². The van der Waals surface area contributed by atoms with Crippen molar-refractivity contribution in [1.82, 2.24) is 9.97 Å². The molecule has 0 bridgehead atoms. The van der Waals surface area contributed by atoms with E-state index in [1.54, 1.807) is 23.4 Å². The Morgan fingerprint density at radius 2 is 1.69 bits per heavy atom. The SMILES string of the molecule is CCN(C(=O)c1ccc(Sc2ccc(NC(=O)O)cc2)c(Nc2ncnc3cc(C(C)C)ccc23)c1)c1ccccc1. The van der Waals surface area contributed by atoms with Crippen LogP contribution in [0.15, 0.2) is 107 Å². The first-order valence-electron chi connectivity index (χ1n) is 13.6. The third-order valence-corrected chi connectivity index (χ3v) is 7.85. The van der Waals surface area contributed by atoms with Gasteiger partial charge in [-0.15, -0.1) is 0 Å². The van der Waals surface area contributed by atoms with Gasteiger partial charge in [0.1, 0.15) is 12.1 Å². The van der Waals surface area contributed by atoms with Gasteiger partial charge in [-0.3, -0.25) is 10.1 Å². The number of nitrogens with zero attached hydrogens (tertiary/aromatic N) is 3. The number of aromatic nitrogens is 2. The first-order valence-corrected chi connectivity index (χ1v) is 14.4. The zero-order chi connectivity index (χ0) is 29.6. The lowest BCUT2D eigenvalue weighted by Crippen LogP contribution is -2.30. The minimum atomic E-state index is -1.11. The molecular weight excluding hydrogens is 546 g/mol. The summed E-state index contributed by atoms with van der Waals surface area (Å²) in [5.41, 5.74) is 4.60. The maximum Gasteiger partial charge on any atom is 0.409 e. The van der Waals surface area contributed by atoms with Crippen molar-refractivity contribution >= 4 is 57.5 Å². The van der Waals surface area contributed by atoms with Gasteiger partial charge in [0.2, 0.25) is 0 Å². The number of hydrogen-bond acceptors (Lipinski definition) is 6. The number of carbonyl (C=O) groups excluding carboxylic acids is 1. The van der Waals surface area contributed by atoms with E-state index in [1.165, 1.54) is 17.3 Å². The maximum atomic E-state index is 13.7. The van der Waals surface area contributed by atoms with Crippen LogP contribution in [0.4, 0.5) is 27.7 Å². The molecule has 4 aromatic carbocycles. The summed E-state index contributed by atoms with van der Waals surface area (Å²) >= 11 is 1.50. The molecule has 1 heterocycles. The van der Waals surface area contributed by atoms with Crippen molar-refractivity contribution in [2.75, 3.05) is 22.1 Å². The Hall–Kier alpha value is -4.89. The Balaban J connectivity index is 1.53. The number of nitrogens with one attached hydrogen (secondary N) is 2. The number of anilines is 4. The first-order chi connectivity index (χ1) is 20.3. The molecule has 0 atom stereocenters. The third kappa shape index (κ3) is 6.53. The van der Waals surface area contributed by atoms with Crippen molar-refractivity contribution in [2.45, 2.75) is 36.5 Å². The number of benzene rings is 4. The highest BCUT2D eigenvalue weighted by atomic mass is 32.2. The average Bonchev–Trinajstić information content (AvgIpc) is 2.99. The summed E-state index contributed by atoms with van der Waals surface area (Å²) in [6, 6.07) is 28.5. The van der Waals surface area contributed by atoms with Gasteiger partial charge < -0.3 is 15.3 Å². The molecule has 42 heavy (non-hydrogen) atoms. The van der Waals surface area contributed by atoms with Crippen LogP contribution in [0.2, 0.25) is 0 Å². The summed E-state index contributed by atoms with van der Waals surface area (Å²) in [4.78, 5) is 37.3. The zero-order valence-corrected chi connectivity index (χ0v) is 24.4. The highest BCUT2D eigenvalue weighted by Crippen LogP contribution is 2.37. The van der Waals surface area contributed by atoms with Crippen molar-refractivity contribution in [2.24, 2.45) is 0 Å². The van der Waals surface area contributed by atoms with Gasteiger partial charge in [-0.1, -0.05) is 49.9 Å². The summed E-state index contributed by atoms with van der Waals surface area (Å²) in [7, 11) is 0. The fraction of sp³-hybridized carbons (Fsp3) is 0.152. The van der Waals surface area contributed by atoms with Crippen LogP contribution < -0.4 is 15.5 Å². The number of amides is 2. The molecule has 1 aromatic heterocycles. The van der Waals surface area contributed by atoms with Gasteiger partial charge in [0.25, 0.3) is 5.91 Å². The lowest BCUT2D eigenvalue weighted by molar-refractivity contribution is 0.0988. The van der Waals surface area contributed by atoms with E-state index in [2.05, 4.69) is 46.6 Å². The first kappa shape index (κ1) is 28.6. The van der Waals surface area contributed by atoms with Gasteiger partial charge in [-0.25, -0.2) is 14.8 Å². The van der Waals surface area contributed by atoms with Crippen LogP contribution >= 0.6 is 11.8 Å². The molecule has 5 aromatic rings. The van der Waals surface area contributed by atoms with E-state index in [1.807, 2.05) is 73.7 Å². The van der Waals surface area contributed by atoms with E-state index < -0.39 is 6.09 Å². The van der Waals surface area contributed by atoms with Crippen molar-refractivity contribution < 1.29 is 14.7 Å². The van der Waals surface area contributed by atoms with Crippen LogP contribution in [0, 0.1) is 0 Å². The van der Waals surface area contributed by atoms with Crippen LogP contribution in [-0.2, 0) is 0 Å². The van der Waals surface area contributed by atoms with Crippen molar-refractivity contribution in [3.63, 3.8) is 0 Å². The number of carboxylic acid groups (broad SMARTS) is 1. The Kier molecular flexibility index (Phi) is 8.68. The number of carbonyl (C=O) groups is 2. The lowest BCUT2D eigenvalue weighted by atomic mass is 10.0. The van der Waals surface area contributed by atoms with Gasteiger partial charge in [-0.05, 0) is 85.1 Å². The maximum absolute atomic E-state index is 13.7. The second-order valence-corrected chi connectivity index (χ2v) is 11.0. The number of rotatable bonds is 9. The molecule has 0 aliphatic rings. The Labute approximate surface area is 248 Å². The van der Waals surface area contributed by atoms with Crippen LogP contribution in [-0.4, -0.2) is 33.6 Å². The predicted molar refractivity (Wildman–Crippen MR) is 169 cm³/mol. The van der Waals surface area contributed by atoms with Gasteiger partial charge >= 0.3 is 6.09 Å². The largest absolute Gasteiger partial charge is 0.465 e. The van der Waals surface area contributed by atoms with Crippen molar-refractivity contribution in [3.8, 4) is 0 Å². The molecular formula is C33H31N5O3S. The minimum Gasteiger partial charge on any atom is -0.465 e. The molecule has 5 rings (SSSR count). The topological polar surface area (TPSA) is 107 Å². The van der Waals surface area contributed by atoms with E-state index in [9.17, 15) is 9.59 Å². The highest BCUT2D eigenvalue weighted by molar-refractivity contribution is 7.99. The predicted octanol–water partition coefficient (Wildman–Crippen LogP) is 8.40. The summed E-state index contributed by atoms with van der Waals surface area (Å²) in [5.74, 6) is 0.898. The van der Waals surface area contributed by atoms with E-state index in [0.29, 0.717) is 29.5 Å². The van der Waals surface area contributed by atoms with Gasteiger partial charge in [0.15, 0.2) is 0 Å². The van der Waals surface area contributed by atoms with E-state index >= 15 is 0 Å². The van der Waals surface area contributed by atoms with Gasteiger partial charge in [-0.2, -0.15) is 0 Å². The second kappa shape index (κ2) is 12.7. The Bertz CT molecular complexity index is 1730. The Morgan fingerprint density at radius 1 is 0.929 bits per heavy atom. The quantitative estimate of drug-likeness (QED) is 0.161. The number of hydrogen-bond donors (Lipinski definition) is 3. The molecule has 212 valence electrons. The van der Waals surface area contributed by atoms with Crippen LogP contribution in [0.5, 0.6) is 0 Å². The molecule has 0 fully saturated rings. The summed E-state index contributed by atoms with van der Waals surface area (Å²) in [6.45, 7) is 6.77. The van der Waals surface area contributed by atoms with E-state index in [4.69, 9.17) is 5.11 Å². The molecule has 0 aliphatic carbocycles. The second-order valence-electron chi connectivity index (χ2n) is 9.93. The van der Waals surface area contributed by atoms with Crippen LogP contribution in [0.1, 0.15) is 42.6 Å². The van der Waals surface area contributed by atoms with Crippen molar-refractivity contribution in [1.29, 1.82) is 0 Å². The molecule has 0 saturated heterocycles. The molecule has 0 unspecified atom stereocenters. The third-order valence-electron chi connectivity index (χ3n) is 6.77. The minimum absolute atomic E-state index is 0.110. The molecule has 3 N–H and O–H groups in total. The van der Waals surface area contributed by atoms with Gasteiger partial charge in [0, 0.05) is 38.7 Å². The fourth-order valence-electron chi connectivity index (χ4n) is 4.57. The van der Waals surface area contributed by atoms with Crippen LogP contribution in [0.25, 0.3) is 10.9 Å². The smallest absolute Gasteiger partial charge is 0.409 e. The molecule has 0 radical (unpaired) electrons. The summed E-state index contributed by atoms with van der Waals surface area (Å²) < 4.78 is 0. The summed E-state index contributed by atoms with van der Waals surface area (Å²) in [6.07, 6.45) is 0.426. The van der Waals surface area contributed by atoms with E-state index in [-0.39, 0.29) is 5.91 Å². The lowest BCUT2D eigenvalue weighted by Gasteiger charge is -2.22. The molecule has 0 saturated carbocycles. The molecule has 2 amide bonds. The Morgan fingerprint density at radius 3 is 2.38 bits per heavy atom. The number of fused-ring (bicyclic) bond motifs is 1. The average molecular weight is 578 g/mol. The molecule has 9 heteroatoms. The molecule has 8 nitrogen and oxygen atoms in total. The molecule has 0 spiro atoms.